The van der Waals surface area contributed by atoms with Crippen LogP contribution in [-0.4, -0.2) is 48.1 Å². The van der Waals surface area contributed by atoms with Gasteiger partial charge in [0.25, 0.3) is 0 Å². The van der Waals surface area contributed by atoms with Gasteiger partial charge in [-0.05, 0) is 33.5 Å². The summed E-state index contributed by atoms with van der Waals surface area (Å²) in [6, 6.07) is 0. The number of aromatic carboxylic acids is 1. The van der Waals surface area contributed by atoms with E-state index in [1.54, 1.807) is 5.38 Å². The minimum Gasteiger partial charge on any atom is -0.476 e. The zero-order valence-corrected chi connectivity index (χ0v) is 10.4. The third-order valence-electron chi connectivity index (χ3n) is 2.03. The number of hydrogen-bond acceptors (Lipinski definition) is 5. The van der Waals surface area contributed by atoms with Crippen LogP contribution >= 0.6 is 11.3 Å². The maximum Gasteiger partial charge on any atom is 0.355 e. The maximum atomic E-state index is 10.6. The average Bonchev–Trinajstić information content (AvgIpc) is 2.65. The molecular weight excluding hydrogens is 226 g/mol. The van der Waals surface area contributed by atoms with Crippen molar-refractivity contribution in [2.24, 2.45) is 0 Å². The molecule has 5 nitrogen and oxygen atoms in total. The van der Waals surface area contributed by atoms with Gasteiger partial charge in [-0.3, -0.25) is 0 Å². The molecule has 90 valence electrons. The average molecular weight is 243 g/mol. The molecule has 0 saturated heterocycles. The van der Waals surface area contributed by atoms with Crippen molar-refractivity contribution < 1.29 is 9.90 Å². The summed E-state index contributed by atoms with van der Waals surface area (Å²) in [7, 11) is 4.10. The van der Waals surface area contributed by atoms with Gasteiger partial charge in [0.2, 0.25) is 0 Å². The summed E-state index contributed by atoms with van der Waals surface area (Å²) in [4.78, 5) is 16.7. The number of carboxylic acid groups (broad SMARTS) is 1. The molecule has 0 radical (unpaired) electrons. The van der Waals surface area contributed by atoms with Gasteiger partial charge in [-0.15, -0.1) is 11.3 Å². The smallest absolute Gasteiger partial charge is 0.355 e. The third-order valence-corrected chi connectivity index (χ3v) is 2.83. The van der Waals surface area contributed by atoms with Crippen LogP contribution in [0.5, 0.6) is 0 Å². The molecule has 0 aliphatic heterocycles. The van der Waals surface area contributed by atoms with E-state index in [-0.39, 0.29) is 5.69 Å². The van der Waals surface area contributed by atoms with Crippen molar-refractivity contribution in [1.82, 2.24) is 9.88 Å². The Bertz CT molecular complexity index is 339. The number of aromatic nitrogens is 1. The van der Waals surface area contributed by atoms with Crippen molar-refractivity contribution in [1.29, 1.82) is 0 Å². The number of carbonyl (C=O) groups is 1. The molecule has 0 unspecified atom stereocenters. The van der Waals surface area contributed by atoms with Crippen LogP contribution in [0.4, 0.5) is 5.13 Å². The van der Waals surface area contributed by atoms with Crippen molar-refractivity contribution in [2.75, 3.05) is 32.5 Å². The number of carboxylic acids is 1. The molecule has 0 spiro atoms. The first-order valence-corrected chi connectivity index (χ1v) is 6.05. The molecule has 0 saturated carbocycles. The van der Waals surface area contributed by atoms with Gasteiger partial charge in [0.1, 0.15) is 0 Å². The van der Waals surface area contributed by atoms with E-state index < -0.39 is 5.97 Å². The highest BCUT2D eigenvalue weighted by molar-refractivity contribution is 7.13. The fourth-order valence-corrected chi connectivity index (χ4v) is 1.91. The molecule has 2 N–H and O–H groups in total. The molecular formula is C10H17N3O2S. The fourth-order valence-electron chi connectivity index (χ4n) is 1.20. The lowest BCUT2D eigenvalue weighted by atomic mass is 10.3. The number of thiazole rings is 1. The highest BCUT2D eigenvalue weighted by Crippen LogP contribution is 2.15. The Kier molecular flexibility index (Phi) is 5.21. The second-order valence-corrected chi connectivity index (χ2v) is 4.64. The molecule has 0 fully saturated rings. The Balaban J connectivity index is 2.19. The Hall–Kier alpha value is -1.14. The molecule has 0 aliphatic carbocycles. The number of unbranched alkanes of at least 4 members (excludes halogenated alkanes) is 1. The Morgan fingerprint density at radius 2 is 2.31 bits per heavy atom. The van der Waals surface area contributed by atoms with Gasteiger partial charge in [0.05, 0.1) is 0 Å². The van der Waals surface area contributed by atoms with E-state index in [4.69, 9.17) is 5.11 Å². The molecule has 0 amide bonds. The number of nitrogens with one attached hydrogen (secondary N) is 1. The summed E-state index contributed by atoms with van der Waals surface area (Å²) in [5, 5.41) is 14.0. The van der Waals surface area contributed by atoms with Gasteiger partial charge < -0.3 is 15.3 Å². The number of hydrogen-bond donors (Lipinski definition) is 2. The van der Waals surface area contributed by atoms with E-state index >= 15 is 0 Å². The van der Waals surface area contributed by atoms with Gasteiger partial charge in [0.15, 0.2) is 10.8 Å². The molecule has 1 rings (SSSR count). The number of nitrogens with zero attached hydrogens (tertiary/aromatic N) is 2. The summed E-state index contributed by atoms with van der Waals surface area (Å²) < 4.78 is 0. The highest BCUT2D eigenvalue weighted by atomic mass is 32.1. The normalized spacial score (nSPS) is 10.7. The number of anilines is 1. The molecule has 0 atom stereocenters. The lowest BCUT2D eigenvalue weighted by Gasteiger charge is -2.08. The lowest BCUT2D eigenvalue weighted by molar-refractivity contribution is 0.0691. The first-order valence-electron chi connectivity index (χ1n) is 5.17. The van der Waals surface area contributed by atoms with E-state index in [9.17, 15) is 4.79 Å². The van der Waals surface area contributed by atoms with E-state index in [1.165, 1.54) is 11.3 Å². The van der Waals surface area contributed by atoms with E-state index in [0.717, 1.165) is 25.9 Å². The Morgan fingerprint density at radius 1 is 1.56 bits per heavy atom. The van der Waals surface area contributed by atoms with Gasteiger partial charge in [-0.1, -0.05) is 0 Å². The summed E-state index contributed by atoms with van der Waals surface area (Å²) >= 11 is 1.33. The molecule has 16 heavy (non-hydrogen) atoms. The summed E-state index contributed by atoms with van der Waals surface area (Å²) in [5.41, 5.74) is 0.112. The predicted octanol–water partition coefficient (Wildman–Crippen LogP) is 1.59. The predicted molar refractivity (Wildman–Crippen MR) is 65.4 cm³/mol. The topological polar surface area (TPSA) is 65.5 Å². The lowest BCUT2D eigenvalue weighted by Crippen LogP contribution is -2.14. The molecule has 0 aromatic carbocycles. The van der Waals surface area contributed by atoms with Crippen molar-refractivity contribution in [3.8, 4) is 0 Å². The largest absolute Gasteiger partial charge is 0.476 e. The molecule has 1 aromatic heterocycles. The Labute approximate surface area is 99.1 Å². The molecule has 0 bridgehead atoms. The van der Waals surface area contributed by atoms with Crippen molar-refractivity contribution in [3.63, 3.8) is 0 Å². The highest BCUT2D eigenvalue weighted by Gasteiger charge is 2.07. The van der Waals surface area contributed by atoms with E-state index in [2.05, 4.69) is 15.2 Å². The zero-order chi connectivity index (χ0) is 12.0. The summed E-state index contributed by atoms with van der Waals surface area (Å²) in [5.74, 6) is -0.975. The van der Waals surface area contributed by atoms with Gasteiger partial charge >= 0.3 is 5.97 Å². The van der Waals surface area contributed by atoms with Crippen LogP contribution in [0.1, 0.15) is 23.3 Å². The van der Waals surface area contributed by atoms with Crippen molar-refractivity contribution in [2.45, 2.75) is 12.8 Å². The van der Waals surface area contributed by atoms with Crippen LogP contribution in [-0.2, 0) is 0 Å². The van der Waals surface area contributed by atoms with Gasteiger partial charge in [-0.2, -0.15) is 0 Å². The second-order valence-electron chi connectivity index (χ2n) is 3.78. The quantitative estimate of drug-likeness (QED) is 0.712. The van der Waals surface area contributed by atoms with Crippen molar-refractivity contribution >= 4 is 22.4 Å². The standard InChI is InChI=1S/C10H17N3O2S/c1-13(2)6-4-3-5-11-10-12-8(7-16-10)9(14)15/h7H,3-6H2,1-2H3,(H,11,12)(H,14,15). The van der Waals surface area contributed by atoms with Crippen molar-refractivity contribution in [3.05, 3.63) is 11.1 Å². The fraction of sp³-hybridized carbons (Fsp3) is 0.600. The SMILES string of the molecule is CN(C)CCCCNc1nc(C(=O)O)cs1. The second kappa shape index (κ2) is 6.44. The van der Waals surface area contributed by atoms with Crippen LogP contribution in [0.15, 0.2) is 5.38 Å². The van der Waals surface area contributed by atoms with Gasteiger partial charge in [-0.25, -0.2) is 9.78 Å². The first-order chi connectivity index (χ1) is 7.59. The van der Waals surface area contributed by atoms with Crippen LogP contribution in [0.25, 0.3) is 0 Å². The van der Waals surface area contributed by atoms with E-state index in [1.807, 2.05) is 14.1 Å². The van der Waals surface area contributed by atoms with Crippen LogP contribution in [0.2, 0.25) is 0 Å². The summed E-state index contributed by atoms with van der Waals surface area (Å²) in [6.45, 7) is 1.90. The zero-order valence-electron chi connectivity index (χ0n) is 9.56. The Morgan fingerprint density at radius 3 is 2.88 bits per heavy atom. The first kappa shape index (κ1) is 12.9. The van der Waals surface area contributed by atoms with Gasteiger partial charge in [0, 0.05) is 11.9 Å². The van der Waals surface area contributed by atoms with Crippen LogP contribution in [0, 0.1) is 0 Å². The van der Waals surface area contributed by atoms with Crippen LogP contribution in [0.3, 0.4) is 0 Å². The molecule has 0 aliphatic rings. The number of rotatable bonds is 7. The third kappa shape index (κ3) is 4.59. The maximum absolute atomic E-state index is 10.6. The minimum absolute atomic E-state index is 0.112. The van der Waals surface area contributed by atoms with E-state index in [0.29, 0.717) is 5.13 Å². The molecule has 6 heteroatoms. The molecule has 1 heterocycles. The summed E-state index contributed by atoms with van der Waals surface area (Å²) in [6.07, 6.45) is 2.18. The minimum atomic E-state index is -0.975. The monoisotopic (exact) mass is 243 g/mol. The molecule has 1 aromatic rings. The van der Waals surface area contributed by atoms with Crippen LogP contribution < -0.4 is 5.32 Å².